The van der Waals surface area contributed by atoms with E-state index in [1.807, 2.05) is 24.3 Å². The van der Waals surface area contributed by atoms with Gasteiger partial charge in [0.25, 0.3) is 0 Å². The number of likely N-dealkylation sites (tertiary alicyclic amines) is 2. The zero-order valence-electron chi connectivity index (χ0n) is 17.1. The highest BCUT2D eigenvalue weighted by molar-refractivity contribution is 9.09. The van der Waals surface area contributed by atoms with E-state index in [9.17, 15) is 14.4 Å². The van der Waals surface area contributed by atoms with Gasteiger partial charge in [0.2, 0.25) is 17.7 Å². The maximum atomic E-state index is 13.7. The van der Waals surface area contributed by atoms with Crippen LogP contribution in [0.2, 0.25) is 0 Å². The molecule has 2 fully saturated rings. The minimum Gasteiger partial charge on any atom is -0.341 e. The molecule has 0 saturated carbocycles. The Kier molecular flexibility index (Phi) is 4.20. The molecule has 0 unspecified atom stereocenters. The number of carbonyl (C=O) groups excluding carboxylic acids is 3. The Hall–Kier alpha value is -2.47. The number of carbonyl (C=O) groups is 3. The average molecular weight is 479 g/mol. The van der Waals surface area contributed by atoms with E-state index in [2.05, 4.69) is 40.2 Å². The first-order valence-corrected chi connectivity index (χ1v) is 11.8. The number of benzene rings is 2. The number of piperidine rings is 1. The van der Waals surface area contributed by atoms with Crippen molar-refractivity contribution in [3.8, 4) is 0 Å². The van der Waals surface area contributed by atoms with Crippen molar-refractivity contribution in [2.45, 2.75) is 29.5 Å². The Bertz CT molecular complexity index is 1080. The first-order chi connectivity index (χ1) is 15.0. The summed E-state index contributed by atoms with van der Waals surface area (Å²) in [6.45, 7) is 1.28. The molecule has 7 rings (SSSR count). The average Bonchev–Trinajstić information content (AvgIpc) is 3.06. The molecular formula is C25H23BrN2O3. The van der Waals surface area contributed by atoms with Gasteiger partial charge in [-0.2, -0.15) is 0 Å². The van der Waals surface area contributed by atoms with Crippen molar-refractivity contribution in [3.63, 3.8) is 0 Å². The molecule has 2 saturated heterocycles. The van der Waals surface area contributed by atoms with Gasteiger partial charge in [0.1, 0.15) is 6.54 Å². The molecule has 2 heterocycles. The monoisotopic (exact) mass is 478 g/mol. The molecule has 0 radical (unpaired) electrons. The number of halogens is 1. The van der Waals surface area contributed by atoms with Crippen LogP contribution in [-0.4, -0.2) is 47.2 Å². The van der Waals surface area contributed by atoms with E-state index in [1.165, 1.54) is 4.90 Å². The van der Waals surface area contributed by atoms with Crippen LogP contribution in [0.15, 0.2) is 48.5 Å². The van der Waals surface area contributed by atoms with E-state index in [4.69, 9.17) is 0 Å². The minimum absolute atomic E-state index is 0.119. The van der Waals surface area contributed by atoms with Gasteiger partial charge >= 0.3 is 0 Å². The lowest BCUT2D eigenvalue weighted by Gasteiger charge is -2.51. The summed E-state index contributed by atoms with van der Waals surface area (Å²) in [5.41, 5.74) is 4.32. The van der Waals surface area contributed by atoms with Gasteiger partial charge in [-0.1, -0.05) is 64.5 Å². The molecule has 6 heteroatoms. The van der Waals surface area contributed by atoms with Crippen LogP contribution in [0.25, 0.3) is 0 Å². The fourth-order valence-electron chi connectivity index (χ4n) is 6.27. The van der Waals surface area contributed by atoms with Crippen molar-refractivity contribution >= 4 is 33.7 Å². The molecule has 2 atom stereocenters. The highest BCUT2D eigenvalue weighted by Crippen LogP contribution is 2.66. The van der Waals surface area contributed by atoms with Crippen molar-refractivity contribution in [3.05, 3.63) is 70.8 Å². The molecule has 2 aliphatic heterocycles. The molecule has 0 spiro atoms. The van der Waals surface area contributed by atoms with Crippen molar-refractivity contribution in [2.75, 3.05) is 19.6 Å². The molecule has 0 aromatic heterocycles. The van der Waals surface area contributed by atoms with Gasteiger partial charge in [-0.25, -0.2) is 0 Å². The fraction of sp³-hybridized carbons (Fsp3) is 0.400. The number of rotatable bonds is 2. The lowest BCUT2D eigenvalue weighted by Crippen LogP contribution is -2.50. The SMILES string of the molecule is O=C(CN1C(=O)[C@@H]2C3c4ccccc4C(Br)(c4ccccc43)[C@@H]2C1=O)N1CCCCC1. The topological polar surface area (TPSA) is 57.7 Å². The normalized spacial score (nSPS) is 30.8. The minimum atomic E-state index is -0.755. The standard InChI is InChI=1S/C25H23BrN2O3/c26-25-17-10-4-2-8-15(17)20(16-9-3-5-11-18(16)25)21-22(25)24(31)28(23(21)30)14-19(29)27-12-6-1-7-13-27/h2-5,8-11,20-22H,1,6-7,12-14H2/t20?,21-,22+,25?/m1/s1. The number of amides is 3. The highest BCUT2D eigenvalue weighted by atomic mass is 79.9. The Labute approximate surface area is 189 Å². The summed E-state index contributed by atoms with van der Waals surface area (Å²) in [5, 5.41) is 0. The van der Waals surface area contributed by atoms with Crippen LogP contribution in [0.5, 0.6) is 0 Å². The third kappa shape index (κ3) is 2.45. The third-order valence-corrected chi connectivity index (χ3v) is 8.96. The van der Waals surface area contributed by atoms with E-state index >= 15 is 0 Å². The van der Waals surface area contributed by atoms with Crippen molar-refractivity contribution in [1.82, 2.24) is 9.80 Å². The van der Waals surface area contributed by atoms with Gasteiger partial charge in [0.15, 0.2) is 0 Å². The number of nitrogens with zero attached hydrogens (tertiary/aromatic N) is 2. The maximum Gasteiger partial charge on any atom is 0.242 e. The van der Waals surface area contributed by atoms with Crippen LogP contribution in [0.4, 0.5) is 0 Å². The summed E-state index contributed by atoms with van der Waals surface area (Å²) in [4.78, 5) is 43.3. The Balaban J connectivity index is 1.43. The van der Waals surface area contributed by atoms with Crippen LogP contribution in [0, 0.1) is 11.8 Å². The quantitative estimate of drug-likeness (QED) is 0.490. The lowest BCUT2D eigenvalue weighted by atomic mass is 9.55. The molecule has 5 nitrogen and oxygen atoms in total. The molecule has 31 heavy (non-hydrogen) atoms. The second-order valence-electron chi connectivity index (χ2n) is 9.07. The zero-order valence-corrected chi connectivity index (χ0v) is 18.7. The molecule has 5 aliphatic rings. The molecule has 2 aromatic rings. The Morgan fingerprint density at radius 3 is 2.10 bits per heavy atom. The van der Waals surface area contributed by atoms with Gasteiger partial charge in [-0.3, -0.25) is 19.3 Å². The van der Waals surface area contributed by atoms with Gasteiger partial charge < -0.3 is 4.90 Å². The molecular weight excluding hydrogens is 456 g/mol. The van der Waals surface area contributed by atoms with Crippen LogP contribution in [0.3, 0.4) is 0 Å². The number of alkyl halides is 1. The number of hydrogen-bond acceptors (Lipinski definition) is 3. The summed E-state index contributed by atoms with van der Waals surface area (Å²) in [7, 11) is 0. The molecule has 3 amide bonds. The fourth-order valence-corrected chi connectivity index (χ4v) is 7.48. The predicted octanol–water partition coefficient (Wildman–Crippen LogP) is 3.40. The van der Waals surface area contributed by atoms with Gasteiger partial charge in [-0.05, 0) is 41.5 Å². The molecule has 2 bridgehead atoms. The summed E-state index contributed by atoms with van der Waals surface area (Å²) in [5.74, 6) is -1.74. The van der Waals surface area contributed by atoms with E-state index in [0.29, 0.717) is 13.1 Å². The summed E-state index contributed by atoms with van der Waals surface area (Å²) in [6, 6.07) is 16.2. The van der Waals surface area contributed by atoms with Crippen LogP contribution in [-0.2, 0) is 18.7 Å². The van der Waals surface area contributed by atoms with Gasteiger partial charge in [-0.15, -0.1) is 0 Å². The van der Waals surface area contributed by atoms with Crippen LogP contribution < -0.4 is 0 Å². The first-order valence-electron chi connectivity index (χ1n) is 11.0. The smallest absolute Gasteiger partial charge is 0.242 e. The van der Waals surface area contributed by atoms with E-state index in [1.54, 1.807) is 4.90 Å². The zero-order chi connectivity index (χ0) is 21.3. The molecule has 158 valence electrons. The third-order valence-electron chi connectivity index (χ3n) is 7.61. The van der Waals surface area contributed by atoms with Crippen LogP contribution >= 0.6 is 15.9 Å². The van der Waals surface area contributed by atoms with Crippen molar-refractivity contribution in [1.29, 1.82) is 0 Å². The Morgan fingerprint density at radius 1 is 0.903 bits per heavy atom. The van der Waals surface area contributed by atoms with E-state index in [-0.39, 0.29) is 30.2 Å². The second-order valence-corrected chi connectivity index (χ2v) is 10.3. The van der Waals surface area contributed by atoms with Crippen molar-refractivity contribution < 1.29 is 14.4 Å². The maximum absolute atomic E-state index is 13.7. The first kappa shape index (κ1) is 19.2. The van der Waals surface area contributed by atoms with Gasteiger partial charge in [0.05, 0.1) is 16.2 Å². The van der Waals surface area contributed by atoms with Crippen molar-refractivity contribution in [2.24, 2.45) is 11.8 Å². The van der Waals surface area contributed by atoms with E-state index in [0.717, 1.165) is 41.5 Å². The molecule has 2 aromatic carbocycles. The van der Waals surface area contributed by atoms with Crippen LogP contribution in [0.1, 0.15) is 47.4 Å². The number of imide groups is 1. The highest BCUT2D eigenvalue weighted by Gasteiger charge is 2.67. The largest absolute Gasteiger partial charge is 0.341 e. The Morgan fingerprint density at radius 2 is 1.48 bits per heavy atom. The molecule has 3 aliphatic carbocycles. The van der Waals surface area contributed by atoms with Gasteiger partial charge in [0, 0.05) is 19.0 Å². The summed E-state index contributed by atoms with van der Waals surface area (Å²) in [6.07, 6.45) is 3.09. The lowest BCUT2D eigenvalue weighted by molar-refractivity contribution is -0.147. The molecule has 0 N–H and O–H groups in total. The summed E-state index contributed by atoms with van der Waals surface area (Å²) < 4.78 is -0.755. The predicted molar refractivity (Wildman–Crippen MR) is 119 cm³/mol. The van der Waals surface area contributed by atoms with E-state index < -0.39 is 16.2 Å². The number of hydrogen-bond donors (Lipinski definition) is 0. The second kappa shape index (κ2) is 6.76. The summed E-state index contributed by atoms with van der Waals surface area (Å²) >= 11 is 3.98.